The zero-order valence-electron chi connectivity index (χ0n) is 18.4. The van der Waals surface area contributed by atoms with E-state index < -0.39 is 11.9 Å². The van der Waals surface area contributed by atoms with Crippen molar-refractivity contribution in [2.75, 3.05) is 13.7 Å². The molecule has 0 fully saturated rings. The van der Waals surface area contributed by atoms with Gasteiger partial charge >= 0.3 is 0 Å². The van der Waals surface area contributed by atoms with Gasteiger partial charge in [0.15, 0.2) is 11.5 Å². The summed E-state index contributed by atoms with van der Waals surface area (Å²) in [4.78, 5) is 25.1. The van der Waals surface area contributed by atoms with Crippen molar-refractivity contribution in [1.29, 1.82) is 0 Å². The molecule has 7 nitrogen and oxygen atoms in total. The topological polar surface area (TPSA) is 89.0 Å². The van der Waals surface area contributed by atoms with Crippen molar-refractivity contribution in [1.82, 2.24) is 10.7 Å². The molecule has 1 unspecified atom stereocenters. The Bertz CT molecular complexity index is 964. The molecule has 0 aromatic heterocycles. The van der Waals surface area contributed by atoms with Crippen molar-refractivity contribution in [2.24, 2.45) is 11.0 Å². The third-order valence-electron chi connectivity index (χ3n) is 4.43. The first-order chi connectivity index (χ1) is 15.3. The summed E-state index contributed by atoms with van der Waals surface area (Å²) < 4.78 is 11.8. The molecule has 0 spiro atoms. The Hall–Kier alpha value is -2.58. The Morgan fingerprint density at radius 1 is 1.22 bits per heavy atom. The number of carbonyl (C=O) groups is 2. The van der Waals surface area contributed by atoms with E-state index in [0.29, 0.717) is 38.7 Å². The van der Waals surface area contributed by atoms with Gasteiger partial charge in [0.05, 0.1) is 24.4 Å². The monoisotopic (exact) mass is 523 g/mol. The van der Waals surface area contributed by atoms with Crippen LogP contribution < -0.4 is 20.2 Å². The van der Waals surface area contributed by atoms with Gasteiger partial charge in [0, 0.05) is 10.6 Å². The summed E-state index contributed by atoms with van der Waals surface area (Å²) >= 11 is 9.34. The molecule has 0 aliphatic carbocycles. The number of nitrogens with one attached hydrogen (secondary N) is 2. The Morgan fingerprint density at radius 3 is 2.50 bits per heavy atom. The highest BCUT2D eigenvalue weighted by atomic mass is 79.9. The minimum absolute atomic E-state index is 0.148. The molecule has 0 aliphatic rings. The zero-order valence-corrected chi connectivity index (χ0v) is 20.8. The van der Waals surface area contributed by atoms with E-state index in [-0.39, 0.29) is 11.8 Å². The van der Waals surface area contributed by atoms with E-state index in [1.165, 1.54) is 6.21 Å². The Labute approximate surface area is 201 Å². The van der Waals surface area contributed by atoms with E-state index in [0.717, 1.165) is 6.42 Å². The fourth-order valence-corrected chi connectivity index (χ4v) is 3.46. The van der Waals surface area contributed by atoms with Gasteiger partial charge in [0.2, 0.25) is 0 Å². The van der Waals surface area contributed by atoms with Crippen LogP contribution in [0.15, 0.2) is 46.0 Å². The highest BCUT2D eigenvalue weighted by Gasteiger charge is 2.24. The lowest BCUT2D eigenvalue weighted by Gasteiger charge is -2.20. The summed E-state index contributed by atoms with van der Waals surface area (Å²) in [5, 5.41) is 7.31. The second kappa shape index (κ2) is 12.5. The van der Waals surface area contributed by atoms with Crippen LogP contribution in [0.5, 0.6) is 11.5 Å². The summed E-state index contributed by atoms with van der Waals surface area (Å²) in [6, 6.07) is 9.25. The van der Waals surface area contributed by atoms with Crippen LogP contribution >= 0.6 is 27.5 Å². The normalized spacial score (nSPS) is 12.0. The van der Waals surface area contributed by atoms with Gasteiger partial charge in [-0.1, -0.05) is 32.4 Å². The van der Waals surface area contributed by atoms with Gasteiger partial charge in [0.25, 0.3) is 11.8 Å². The van der Waals surface area contributed by atoms with Crippen LogP contribution in [0, 0.1) is 5.92 Å². The molecular formula is C23H27BrClN3O4. The maximum absolute atomic E-state index is 12.6. The van der Waals surface area contributed by atoms with E-state index in [9.17, 15) is 9.59 Å². The van der Waals surface area contributed by atoms with Crippen LogP contribution in [-0.4, -0.2) is 37.8 Å². The predicted molar refractivity (Wildman–Crippen MR) is 130 cm³/mol. The first-order valence-electron chi connectivity index (χ1n) is 10.2. The molecule has 0 saturated carbocycles. The third kappa shape index (κ3) is 7.24. The number of rotatable bonds is 10. The average molecular weight is 525 g/mol. The van der Waals surface area contributed by atoms with Crippen LogP contribution in [0.4, 0.5) is 0 Å². The van der Waals surface area contributed by atoms with Crippen molar-refractivity contribution >= 4 is 45.6 Å². The standard InChI is InChI=1S/C23H27BrClN3O4/c1-5-10-32-21-18(24)11-15(12-19(21)31-4)13-26-28-23(30)20(14(2)3)27-22(29)16-6-8-17(25)9-7-16/h6-9,11-14,20H,5,10H2,1-4H3,(H,27,29)(H,28,30)/b26-13-. The smallest absolute Gasteiger partial charge is 0.262 e. The molecule has 1 atom stereocenters. The number of carbonyl (C=O) groups excluding carboxylic acids is 2. The number of methoxy groups -OCH3 is 1. The number of nitrogens with zero attached hydrogens (tertiary/aromatic N) is 1. The molecule has 172 valence electrons. The van der Waals surface area contributed by atoms with Crippen LogP contribution in [0.1, 0.15) is 43.1 Å². The fourth-order valence-electron chi connectivity index (χ4n) is 2.76. The molecule has 0 saturated heterocycles. The van der Waals surface area contributed by atoms with Gasteiger partial charge < -0.3 is 14.8 Å². The van der Waals surface area contributed by atoms with Crippen molar-refractivity contribution in [2.45, 2.75) is 33.2 Å². The molecule has 0 radical (unpaired) electrons. The second-order valence-corrected chi connectivity index (χ2v) is 8.61. The molecule has 2 aromatic rings. The molecule has 32 heavy (non-hydrogen) atoms. The van der Waals surface area contributed by atoms with E-state index in [1.807, 2.05) is 26.8 Å². The van der Waals surface area contributed by atoms with Gasteiger partial charge in [0.1, 0.15) is 6.04 Å². The number of ether oxygens (including phenoxy) is 2. The summed E-state index contributed by atoms with van der Waals surface area (Å²) in [6.45, 7) is 6.27. The molecule has 0 bridgehead atoms. The molecule has 2 N–H and O–H groups in total. The maximum atomic E-state index is 12.6. The number of halogens is 2. The third-order valence-corrected chi connectivity index (χ3v) is 5.27. The predicted octanol–water partition coefficient (Wildman–Crippen LogP) is 4.80. The van der Waals surface area contributed by atoms with E-state index >= 15 is 0 Å². The summed E-state index contributed by atoms with van der Waals surface area (Å²) in [7, 11) is 1.56. The Kier molecular flexibility index (Phi) is 9.99. The minimum Gasteiger partial charge on any atom is -0.493 e. The second-order valence-electron chi connectivity index (χ2n) is 7.32. The molecule has 2 amide bonds. The Morgan fingerprint density at radius 2 is 1.91 bits per heavy atom. The highest BCUT2D eigenvalue weighted by molar-refractivity contribution is 9.10. The van der Waals surface area contributed by atoms with E-state index in [4.69, 9.17) is 21.1 Å². The number of amides is 2. The largest absolute Gasteiger partial charge is 0.493 e. The minimum atomic E-state index is -0.763. The fraction of sp³-hybridized carbons (Fsp3) is 0.348. The van der Waals surface area contributed by atoms with E-state index in [2.05, 4.69) is 31.8 Å². The Balaban J connectivity index is 2.07. The summed E-state index contributed by atoms with van der Waals surface area (Å²) in [5.41, 5.74) is 3.61. The van der Waals surface area contributed by atoms with Crippen molar-refractivity contribution in [3.05, 3.63) is 57.0 Å². The van der Waals surface area contributed by atoms with Crippen LogP contribution in [-0.2, 0) is 4.79 Å². The summed E-state index contributed by atoms with van der Waals surface area (Å²) in [5.74, 6) is 0.227. The first kappa shape index (κ1) is 25.7. The lowest BCUT2D eigenvalue weighted by Crippen LogP contribution is -2.48. The van der Waals surface area contributed by atoms with Gasteiger partial charge in [-0.05, 0) is 70.2 Å². The van der Waals surface area contributed by atoms with Crippen LogP contribution in [0.2, 0.25) is 5.02 Å². The van der Waals surface area contributed by atoms with Gasteiger partial charge in [-0.25, -0.2) is 5.43 Å². The van der Waals surface area contributed by atoms with Crippen LogP contribution in [0.3, 0.4) is 0 Å². The number of hydrogen-bond acceptors (Lipinski definition) is 5. The number of hydrazone groups is 1. The van der Waals surface area contributed by atoms with Crippen molar-refractivity contribution in [3.63, 3.8) is 0 Å². The average Bonchev–Trinajstić information content (AvgIpc) is 2.76. The van der Waals surface area contributed by atoms with Gasteiger partial charge in [-0.15, -0.1) is 0 Å². The SMILES string of the molecule is CCCOc1c(Br)cc(/C=N\NC(=O)C(NC(=O)c2ccc(Cl)cc2)C(C)C)cc1OC. The maximum Gasteiger partial charge on any atom is 0.262 e. The lowest BCUT2D eigenvalue weighted by molar-refractivity contribution is -0.123. The molecule has 2 rings (SSSR count). The quantitative estimate of drug-likeness (QED) is 0.345. The lowest BCUT2D eigenvalue weighted by atomic mass is 10.0. The van der Waals surface area contributed by atoms with Crippen LogP contribution in [0.25, 0.3) is 0 Å². The highest BCUT2D eigenvalue weighted by Crippen LogP contribution is 2.36. The van der Waals surface area contributed by atoms with E-state index in [1.54, 1.807) is 37.4 Å². The zero-order chi connectivity index (χ0) is 23.7. The molecule has 0 aliphatic heterocycles. The van der Waals surface area contributed by atoms with Crippen molar-refractivity contribution in [3.8, 4) is 11.5 Å². The first-order valence-corrected chi connectivity index (χ1v) is 11.3. The molecular weight excluding hydrogens is 498 g/mol. The molecule has 0 heterocycles. The number of hydrogen-bond donors (Lipinski definition) is 2. The molecule has 2 aromatic carbocycles. The molecule has 9 heteroatoms. The summed E-state index contributed by atoms with van der Waals surface area (Å²) in [6.07, 6.45) is 2.36. The number of benzene rings is 2. The van der Waals surface area contributed by atoms with Gasteiger partial charge in [-0.2, -0.15) is 5.10 Å². The van der Waals surface area contributed by atoms with Gasteiger partial charge in [-0.3, -0.25) is 9.59 Å². The van der Waals surface area contributed by atoms with Crippen molar-refractivity contribution < 1.29 is 19.1 Å².